The van der Waals surface area contributed by atoms with Crippen molar-refractivity contribution >= 4 is 23.2 Å². The van der Waals surface area contributed by atoms with Crippen molar-refractivity contribution in [2.75, 3.05) is 6.61 Å². The fourth-order valence-corrected chi connectivity index (χ4v) is 2.43. The van der Waals surface area contributed by atoms with E-state index in [-0.39, 0.29) is 12.5 Å². The second-order valence-corrected chi connectivity index (χ2v) is 5.30. The summed E-state index contributed by atoms with van der Waals surface area (Å²) in [6, 6.07) is 14.6. The molecule has 2 aromatic carbocycles. The highest BCUT2D eigenvalue weighted by molar-refractivity contribution is 5.81. The Balaban J connectivity index is 1.59. The van der Waals surface area contributed by atoms with Gasteiger partial charge < -0.3 is 14.6 Å². The Kier molecular flexibility index (Phi) is 4.56. The Hall–Kier alpha value is -3.15. The lowest BCUT2D eigenvalue weighted by atomic mass is 10.2. The highest BCUT2D eigenvalue weighted by Gasteiger charge is 2.10. The number of rotatable bonds is 6. The van der Waals surface area contributed by atoms with E-state index in [1.54, 1.807) is 24.3 Å². The monoisotopic (exact) mass is 323 g/mol. The molecular weight excluding hydrogens is 306 g/mol. The molecule has 0 radical (unpaired) electrons. The van der Waals surface area contributed by atoms with Crippen LogP contribution in [0.3, 0.4) is 0 Å². The minimum Gasteiger partial charge on any atom is -0.483 e. The van der Waals surface area contributed by atoms with Crippen LogP contribution in [-0.2, 0) is 18.4 Å². The molecule has 6 heteroatoms. The maximum absolute atomic E-state index is 12.0. The molecule has 0 aliphatic heterocycles. The number of benzene rings is 2. The van der Waals surface area contributed by atoms with E-state index in [0.717, 1.165) is 16.9 Å². The highest BCUT2D eigenvalue weighted by atomic mass is 16.5. The minimum absolute atomic E-state index is 0.158. The fraction of sp³-hybridized carbons (Fsp3) is 0.167. The zero-order chi connectivity index (χ0) is 16.9. The second-order valence-electron chi connectivity index (χ2n) is 5.30. The van der Waals surface area contributed by atoms with Gasteiger partial charge in [0.05, 0.1) is 23.1 Å². The zero-order valence-electron chi connectivity index (χ0n) is 13.2. The fourth-order valence-electron chi connectivity index (χ4n) is 2.43. The molecule has 0 spiro atoms. The first-order valence-electron chi connectivity index (χ1n) is 7.53. The molecule has 1 amide bonds. The standard InChI is InChI=1S/C18H17N3O3/c1-21-15-8-4-3-7-14(15)20-17(21)10-19-18(23)12-24-16-9-5-2-6-13(16)11-22/h2-9,11H,10,12H2,1H3,(H,19,23). The Morgan fingerprint density at radius 1 is 1.21 bits per heavy atom. The SMILES string of the molecule is Cn1c(CNC(=O)COc2ccccc2C=O)nc2ccccc21. The van der Waals surface area contributed by atoms with Crippen LogP contribution >= 0.6 is 0 Å². The van der Waals surface area contributed by atoms with Crippen molar-refractivity contribution in [2.24, 2.45) is 7.05 Å². The summed E-state index contributed by atoms with van der Waals surface area (Å²) in [7, 11) is 1.91. The summed E-state index contributed by atoms with van der Waals surface area (Å²) in [6.45, 7) is 0.150. The van der Waals surface area contributed by atoms with Crippen molar-refractivity contribution in [3.8, 4) is 5.75 Å². The van der Waals surface area contributed by atoms with Crippen LogP contribution in [0.2, 0.25) is 0 Å². The number of carbonyl (C=O) groups is 2. The summed E-state index contributed by atoms with van der Waals surface area (Å²) in [5.74, 6) is 0.881. The number of imidazole rings is 1. The normalized spacial score (nSPS) is 10.5. The number of hydrogen-bond acceptors (Lipinski definition) is 4. The smallest absolute Gasteiger partial charge is 0.258 e. The minimum atomic E-state index is -0.275. The highest BCUT2D eigenvalue weighted by Crippen LogP contribution is 2.16. The number of nitrogens with one attached hydrogen (secondary N) is 1. The van der Waals surface area contributed by atoms with Crippen LogP contribution in [0.15, 0.2) is 48.5 Å². The maximum Gasteiger partial charge on any atom is 0.258 e. The van der Waals surface area contributed by atoms with Crippen LogP contribution in [-0.4, -0.2) is 28.4 Å². The van der Waals surface area contributed by atoms with Crippen LogP contribution < -0.4 is 10.1 Å². The molecule has 0 saturated carbocycles. The number of amides is 1. The van der Waals surface area contributed by atoms with Gasteiger partial charge in [-0.2, -0.15) is 0 Å². The van der Waals surface area contributed by atoms with E-state index in [9.17, 15) is 9.59 Å². The quantitative estimate of drug-likeness (QED) is 0.705. The van der Waals surface area contributed by atoms with Gasteiger partial charge in [0.1, 0.15) is 11.6 Å². The number of aldehydes is 1. The molecule has 0 bridgehead atoms. The molecule has 6 nitrogen and oxygen atoms in total. The molecule has 0 atom stereocenters. The molecule has 0 fully saturated rings. The second kappa shape index (κ2) is 6.95. The average Bonchev–Trinajstić information content (AvgIpc) is 2.94. The number of carbonyl (C=O) groups excluding carboxylic acids is 2. The lowest BCUT2D eigenvalue weighted by molar-refractivity contribution is -0.123. The van der Waals surface area contributed by atoms with Crippen LogP contribution in [0.4, 0.5) is 0 Å². The lowest BCUT2D eigenvalue weighted by Gasteiger charge is -2.09. The van der Waals surface area contributed by atoms with Gasteiger partial charge in [0, 0.05) is 7.05 Å². The van der Waals surface area contributed by atoms with E-state index in [0.29, 0.717) is 24.1 Å². The Morgan fingerprint density at radius 3 is 2.75 bits per heavy atom. The molecule has 24 heavy (non-hydrogen) atoms. The molecule has 3 aromatic rings. The van der Waals surface area contributed by atoms with Crippen molar-refractivity contribution < 1.29 is 14.3 Å². The van der Waals surface area contributed by atoms with Gasteiger partial charge in [-0.15, -0.1) is 0 Å². The van der Waals surface area contributed by atoms with Gasteiger partial charge in [-0.3, -0.25) is 9.59 Å². The molecule has 1 aromatic heterocycles. The molecule has 122 valence electrons. The number of para-hydroxylation sites is 3. The van der Waals surface area contributed by atoms with Gasteiger partial charge >= 0.3 is 0 Å². The third kappa shape index (κ3) is 3.27. The van der Waals surface area contributed by atoms with Gasteiger partial charge in [-0.25, -0.2) is 4.98 Å². The summed E-state index contributed by atoms with van der Waals surface area (Å²) in [4.78, 5) is 27.4. The number of nitrogens with zero attached hydrogens (tertiary/aromatic N) is 2. The lowest BCUT2D eigenvalue weighted by Crippen LogP contribution is -2.29. The number of ether oxygens (including phenoxy) is 1. The third-order valence-corrected chi connectivity index (χ3v) is 3.73. The number of aromatic nitrogens is 2. The summed E-state index contributed by atoms with van der Waals surface area (Å²) < 4.78 is 7.34. The van der Waals surface area contributed by atoms with E-state index in [2.05, 4.69) is 10.3 Å². The first kappa shape index (κ1) is 15.7. The number of fused-ring (bicyclic) bond motifs is 1. The summed E-state index contributed by atoms with van der Waals surface area (Å²) in [5.41, 5.74) is 2.32. The Morgan fingerprint density at radius 2 is 1.96 bits per heavy atom. The maximum atomic E-state index is 12.0. The predicted molar refractivity (Wildman–Crippen MR) is 89.9 cm³/mol. The van der Waals surface area contributed by atoms with E-state index in [4.69, 9.17) is 4.74 Å². The molecule has 1 N–H and O–H groups in total. The summed E-state index contributed by atoms with van der Waals surface area (Å²) in [5, 5.41) is 2.77. The van der Waals surface area contributed by atoms with E-state index in [1.807, 2.05) is 35.9 Å². The molecular formula is C18H17N3O3. The van der Waals surface area contributed by atoms with Gasteiger partial charge in [-0.1, -0.05) is 24.3 Å². The first-order valence-corrected chi connectivity index (χ1v) is 7.53. The van der Waals surface area contributed by atoms with E-state index in [1.165, 1.54) is 0 Å². The van der Waals surface area contributed by atoms with Crippen molar-refractivity contribution in [1.29, 1.82) is 0 Å². The van der Waals surface area contributed by atoms with E-state index < -0.39 is 0 Å². The molecule has 0 saturated heterocycles. The van der Waals surface area contributed by atoms with Gasteiger partial charge in [0.15, 0.2) is 12.9 Å². The molecule has 0 aliphatic carbocycles. The van der Waals surface area contributed by atoms with Gasteiger partial charge in [0.2, 0.25) is 0 Å². The topological polar surface area (TPSA) is 73.2 Å². The average molecular weight is 323 g/mol. The van der Waals surface area contributed by atoms with Gasteiger partial charge in [-0.05, 0) is 24.3 Å². The predicted octanol–water partition coefficient (Wildman–Crippen LogP) is 2.08. The first-order chi connectivity index (χ1) is 11.7. The zero-order valence-corrected chi connectivity index (χ0v) is 13.2. The van der Waals surface area contributed by atoms with Crippen molar-refractivity contribution in [3.63, 3.8) is 0 Å². The largest absolute Gasteiger partial charge is 0.483 e. The van der Waals surface area contributed by atoms with Gasteiger partial charge in [0.25, 0.3) is 5.91 Å². The molecule has 0 unspecified atom stereocenters. The summed E-state index contributed by atoms with van der Waals surface area (Å²) in [6.07, 6.45) is 0.701. The van der Waals surface area contributed by atoms with Crippen molar-refractivity contribution in [3.05, 3.63) is 59.9 Å². The van der Waals surface area contributed by atoms with Crippen molar-refractivity contribution in [1.82, 2.24) is 14.9 Å². The Labute approximate surface area is 139 Å². The van der Waals surface area contributed by atoms with Crippen LogP contribution in [0.5, 0.6) is 5.75 Å². The van der Waals surface area contributed by atoms with Crippen LogP contribution in [0.1, 0.15) is 16.2 Å². The molecule has 0 aliphatic rings. The van der Waals surface area contributed by atoms with Crippen molar-refractivity contribution in [2.45, 2.75) is 6.54 Å². The molecule has 1 heterocycles. The van der Waals surface area contributed by atoms with Crippen LogP contribution in [0.25, 0.3) is 11.0 Å². The third-order valence-electron chi connectivity index (χ3n) is 3.73. The summed E-state index contributed by atoms with van der Waals surface area (Å²) >= 11 is 0. The number of hydrogen-bond donors (Lipinski definition) is 1. The number of aryl methyl sites for hydroxylation is 1. The molecule has 3 rings (SSSR count). The van der Waals surface area contributed by atoms with E-state index >= 15 is 0 Å². The Bertz CT molecular complexity index is 886. The van der Waals surface area contributed by atoms with Crippen LogP contribution in [0, 0.1) is 0 Å².